The van der Waals surface area contributed by atoms with Crippen LogP contribution in [0.25, 0.3) is 11.4 Å². The molecule has 1 aromatic heterocycles. The van der Waals surface area contributed by atoms with Crippen LogP contribution in [-0.2, 0) is 4.79 Å². The summed E-state index contributed by atoms with van der Waals surface area (Å²) >= 11 is 0. The van der Waals surface area contributed by atoms with E-state index >= 15 is 0 Å². The van der Waals surface area contributed by atoms with Crippen LogP contribution in [0, 0.1) is 10.1 Å². The summed E-state index contributed by atoms with van der Waals surface area (Å²) in [5.74, 6) is 0.550. The quantitative estimate of drug-likeness (QED) is 0.319. The first-order chi connectivity index (χ1) is 13.1. The number of carbonyl (C=O) groups excluding carboxylic acids is 1. The molecule has 0 bridgehead atoms. The van der Waals surface area contributed by atoms with Crippen molar-refractivity contribution in [2.24, 2.45) is 0 Å². The van der Waals surface area contributed by atoms with Crippen molar-refractivity contribution in [3.05, 3.63) is 65.0 Å². The summed E-state index contributed by atoms with van der Waals surface area (Å²) in [5.41, 5.74) is 2.36. The second-order valence-corrected chi connectivity index (χ2v) is 5.80. The number of carbonyl (C=O) groups is 1. The van der Waals surface area contributed by atoms with Crippen LogP contribution in [0.3, 0.4) is 0 Å². The number of hydrogen-bond donors (Lipinski definition) is 3. The molecule has 9 heteroatoms. The van der Waals surface area contributed by atoms with E-state index in [0.29, 0.717) is 30.9 Å². The standard InChI is InChI=1S/C18H18N6O3/c25-17(5-2-10-19-14-6-8-16(9-7-14)24(26)27)22-15-4-1-3-13(11-15)18-20-12-21-23-18/h1,3-4,6-9,11-12,19H,2,5,10H2,(H,22,25)(H,20,21,23). The van der Waals surface area contributed by atoms with Gasteiger partial charge in [-0.1, -0.05) is 12.1 Å². The first-order valence-corrected chi connectivity index (χ1v) is 8.36. The van der Waals surface area contributed by atoms with Gasteiger partial charge in [0.25, 0.3) is 5.69 Å². The van der Waals surface area contributed by atoms with Crippen molar-refractivity contribution in [2.45, 2.75) is 12.8 Å². The largest absolute Gasteiger partial charge is 0.385 e. The van der Waals surface area contributed by atoms with E-state index in [1.54, 1.807) is 12.1 Å². The maximum absolute atomic E-state index is 12.1. The molecule has 0 aliphatic carbocycles. The summed E-state index contributed by atoms with van der Waals surface area (Å²) in [6.45, 7) is 0.587. The molecule has 0 aliphatic rings. The fraction of sp³-hybridized carbons (Fsp3) is 0.167. The molecule has 0 radical (unpaired) electrons. The molecule has 9 nitrogen and oxygen atoms in total. The molecule has 0 spiro atoms. The molecular weight excluding hydrogens is 348 g/mol. The third-order valence-electron chi connectivity index (χ3n) is 3.82. The van der Waals surface area contributed by atoms with E-state index in [4.69, 9.17) is 0 Å². The van der Waals surface area contributed by atoms with Crippen LogP contribution in [0.2, 0.25) is 0 Å². The maximum Gasteiger partial charge on any atom is 0.269 e. The lowest BCUT2D eigenvalue weighted by atomic mass is 10.2. The first-order valence-electron chi connectivity index (χ1n) is 8.36. The second kappa shape index (κ2) is 8.56. The van der Waals surface area contributed by atoms with Crippen LogP contribution in [-0.4, -0.2) is 32.6 Å². The van der Waals surface area contributed by atoms with Gasteiger partial charge in [-0.2, -0.15) is 5.10 Å². The number of aromatic nitrogens is 3. The van der Waals surface area contributed by atoms with Gasteiger partial charge < -0.3 is 10.6 Å². The summed E-state index contributed by atoms with van der Waals surface area (Å²) in [6, 6.07) is 13.5. The lowest BCUT2D eigenvalue weighted by Gasteiger charge is -2.08. The molecule has 1 amide bonds. The van der Waals surface area contributed by atoms with Crippen molar-refractivity contribution in [3.63, 3.8) is 0 Å². The van der Waals surface area contributed by atoms with Crippen molar-refractivity contribution in [2.75, 3.05) is 17.2 Å². The van der Waals surface area contributed by atoms with Gasteiger partial charge in [-0.25, -0.2) is 4.98 Å². The molecule has 2 aromatic carbocycles. The molecule has 0 fully saturated rings. The minimum atomic E-state index is -0.439. The zero-order chi connectivity index (χ0) is 19.1. The predicted molar refractivity (Wildman–Crippen MR) is 101 cm³/mol. The highest BCUT2D eigenvalue weighted by atomic mass is 16.6. The number of non-ortho nitro benzene ring substituents is 1. The van der Waals surface area contributed by atoms with Gasteiger partial charge in [0.05, 0.1) is 4.92 Å². The van der Waals surface area contributed by atoms with Crippen molar-refractivity contribution in [1.29, 1.82) is 0 Å². The highest BCUT2D eigenvalue weighted by Gasteiger charge is 2.06. The number of hydrogen-bond acceptors (Lipinski definition) is 6. The van der Waals surface area contributed by atoms with Gasteiger partial charge in [0.15, 0.2) is 5.82 Å². The van der Waals surface area contributed by atoms with E-state index in [-0.39, 0.29) is 11.6 Å². The Morgan fingerprint density at radius 1 is 1.15 bits per heavy atom. The third-order valence-corrected chi connectivity index (χ3v) is 3.82. The third kappa shape index (κ3) is 5.11. The van der Waals surface area contributed by atoms with Crippen molar-refractivity contribution in [1.82, 2.24) is 15.2 Å². The van der Waals surface area contributed by atoms with Crippen molar-refractivity contribution >= 4 is 23.0 Å². The van der Waals surface area contributed by atoms with E-state index in [2.05, 4.69) is 25.8 Å². The van der Waals surface area contributed by atoms with Crippen LogP contribution in [0.4, 0.5) is 17.1 Å². The summed E-state index contributed by atoms with van der Waals surface area (Å²) in [6.07, 6.45) is 2.41. The fourth-order valence-corrected chi connectivity index (χ4v) is 2.49. The number of aromatic amines is 1. The van der Waals surface area contributed by atoms with Crippen molar-refractivity contribution in [3.8, 4) is 11.4 Å². The highest BCUT2D eigenvalue weighted by Crippen LogP contribution is 2.19. The highest BCUT2D eigenvalue weighted by molar-refractivity contribution is 5.91. The Balaban J connectivity index is 1.43. The number of benzene rings is 2. The number of nitrogens with one attached hydrogen (secondary N) is 3. The predicted octanol–water partition coefficient (Wildman–Crippen LogP) is 3.21. The molecule has 138 valence electrons. The second-order valence-electron chi connectivity index (χ2n) is 5.80. The number of H-pyrrole nitrogens is 1. The molecule has 0 saturated heterocycles. The molecule has 3 aromatic rings. The SMILES string of the molecule is O=C(CCCNc1ccc([N+](=O)[O-])cc1)Nc1cccc(-c2ncn[nH]2)c1. The summed E-state index contributed by atoms with van der Waals surface area (Å²) in [5, 5.41) is 23.2. The number of nitro groups is 1. The molecular formula is C18H18N6O3. The molecule has 3 N–H and O–H groups in total. The molecule has 0 saturated carbocycles. The molecule has 3 rings (SSSR count). The van der Waals surface area contributed by atoms with Crippen LogP contribution in [0.15, 0.2) is 54.9 Å². The van der Waals surface area contributed by atoms with Crippen LogP contribution < -0.4 is 10.6 Å². The average Bonchev–Trinajstić information content (AvgIpc) is 3.21. The van der Waals surface area contributed by atoms with E-state index in [1.807, 2.05) is 24.3 Å². The summed E-state index contributed by atoms with van der Waals surface area (Å²) in [4.78, 5) is 26.4. The maximum atomic E-state index is 12.1. The van der Waals surface area contributed by atoms with Gasteiger partial charge in [0.2, 0.25) is 5.91 Å². The van der Waals surface area contributed by atoms with E-state index < -0.39 is 4.92 Å². The molecule has 1 heterocycles. The smallest absolute Gasteiger partial charge is 0.269 e. The number of anilines is 2. The molecule has 0 aliphatic heterocycles. The lowest BCUT2D eigenvalue weighted by Crippen LogP contribution is -2.13. The zero-order valence-electron chi connectivity index (χ0n) is 14.4. The minimum absolute atomic E-state index is 0.0486. The zero-order valence-corrected chi connectivity index (χ0v) is 14.4. The number of amides is 1. The van der Waals surface area contributed by atoms with Crippen LogP contribution in [0.5, 0.6) is 0 Å². The Morgan fingerprint density at radius 3 is 2.67 bits per heavy atom. The van der Waals surface area contributed by atoms with Crippen molar-refractivity contribution < 1.29 is 9.72 Å². The Hall–Kier alpha value is -3.75. The summed E-state index contributed by atoms with van der Waals surface area (Å²) < 4.78 is 0. The topological polar surface area (TPSA) is 126 Å². The Labute approximate surface area is 155 Å². The van der Waals surface area contributed by atoms with E-state index in [0.717, 1.165) is 11.3 Å². The van der Waals surface area contributed by atoms with Crippen LogP contribution in [0.1, 0.15) is 12.8 Å². The van der Waals surface area contributed by atoms with Gasteiger partial charge in [-0.15, -0.1) is 0 Å². The summed E-state index contributed by atoms with van der Waals surface area (Å²) in [7, 11) is 0. The average molecular weight is 366 g/mol. The Kier molecular flexibility index (Phi) is 5.73. The number of nitrogens with zero attached hydrogens (tertiary/aromatic N) is 3. The Morgan fingerprint density at radius 2 is 1.96 bits per heavy atom. The molecule has 0 unspecified atom stereocenters. The number of nitro benzene ring substituents is 1. The lowest BCUT2D eigenvalue weighted by molar-refractivity contribution is -0.384. The van der Waals surface area contributed by atoms with Crippen LogP contribution >= 0.6 is 0 Å². The van der Waals surface area contributed by atoms with E-state index in [1.165, 1.54) is 18.5 Å². The minimum Gasteiger partial charge on any atom is -0.385 e. The number of rotatable bonds is 8. The first kappa shape index (κ1) is 18.1. The van der Waals surface area contributed by atoms with Gasteiger partial charge in [-0.3, -0.25) is 20.0 Å². The monoisotopic (exact) mass is 366 g/mol. The fourth-order valence-electron chi connectivity index (χ4n) is 2.49. The van der Waals surface area contributed by atoms with Gasteiger partial charge in [0.1, 0.15) is 6.33 Å². The normalized spacial score (nSPS) is 10.4. The van der Waals surface area contributed by atoms with Gasteiger partial charge in [-0.05, 0) is 30.7 Å². The van der Waals surface area contributed by atoms with E-state index in [9.17, 15) is 14.9 Å². The van der Waals surface area contributed by atoms with Gasteiger partial charge in [0, 0.05) is 42.0 Å². The molecule has 0 atom stereocenters. The Bertz CT molecular complexity index is 909. The van der Waals surface area contributed by atoms with Gasteiger partial charge >= 0.3 is 0 Å². The molecule has 27 heavy (non-hydrogen) atoms.